The first-order valence-corrected chi connectivity index (χ1v) is 13.9. The van der Waals surface area contributed by atoms with Gasteiger partial charge in [-0.25, -0.2) is 0 Å². The molecular formula is C30H48O. The lowest BCUT2D eigenvalue weighted by molar-refractivity contribution is -0.118. The molecule has 0 amide bonds. The molecule has 2 aliphatic rings. The zero-order valence-electron chi connectivity index (χ0n) is 20.4. The monoisotopic (exact) mass is 424 g/mol. The first-order chi connectivity index (χ1) is 15.2. The van der Waals surface area contributed by atoms with Crippen molar-refractivity contribution in [3.63, 3.8) is 0 Å². The number of hydrogen-bond donors (Lipinski definition) is 0. The van der Waals surface area contributed by atoms with E-state index < -0.39 is 0 Å². The van der Waals surface area contributed by atoms with Crippen LogP contribution in [-0.2, 0) is 24.1 Å². The normalized spacial score (nSPS) is 21.3. The van der Waals surface area contributed by atoms with Crippen LogP contribution in [0.3, 0.4) is 0 Å². The molecule has 1 fully saturated rings. The number of ketones is 1. The molecule has 1 aromatic rings. The molecular weight excluding hydrogens is 376 g/mol. The topological polar surface area (TPSA) is 17.1 Å². The van der Waals surface area contributed by atoms with Gasteiger partial charge in [0, 0.05) is 12.8 Å². The van der Waals surface area contributed by atoms with Crippen molar-refractivity contribution in [1.29, 1.82) is 0 Å². The summed E-state index contributed by atoms with van der Waals surface area (Å²) < 4.78 is 0. The van der Waals surface area contributed by atoms with Crippen molar-refractivity contribution in [2.75, 3.05) is 0 Å². The SMILES string of the molecule is CCCCCCCCCCCCC1CCC(CCc2ccc3c(c2)CCC(=O)C3)CC1. The second-order valence-corrected chi connectivity index (χ2v) is 10.7. The van der Waals surface area contributed by atoms with Crippen LogP contribution >= 0.6 is 0 Å². The quantitative estimate of drug-likeness (QED) is 0.273. The molecule has 0 N–H and O–H groups in total. The van der Waals surface area contributed by atoms with Crippen LogP contribution in [0.2, 0.25) is 0 Å². The summed E-state index contributed by atoms with van der Waals surface area (Å²) in [6.45, 7) is 2.30. The van der Waals surface area contributed by atoms with E-state index in [0.717, 1.165) is 24.7 Å². The summed E-state index contributed by atoms with van der Waals surface area (Å²) in [5.41, 5.74) is 4.23. The molecule has 3 rings (SSSR count). The maximum Gasteiger partial charge on any atom is 0.137 e. The van der Waals surface area contributed by atoms with Crippen molar-refractivity contribution in [2.24, 2.45) is 11.8 Å². The van der Waals surface area contributed by atoms with Crippen LogP contribution in [0.1, 0.15) is 133 Å². The molecule has 1 saturated carbocycles. The Bertz CT molecular complexity index is 638. The molecule has 0 radical (unpaired) electrons. The average Bonchev–Trinajstić information content (AvgIpc) is 2.79. The molecule has 174 valence electrons. The van der Waals surface area contributed by atoms with E-state index in [9.17, 15) is 4.79 Å². The zero-order valence-corrected chi connectivity index (χ0v) is 20.4. The third-order valence-electron chi connectivity index (χ3n) is 8.10. The average molecular weight is 425 g/mol. The summed E-state index contributed by atoms with van der Waals surface area (Å²) >= 11 is 0. The van der Waals surface area contributed by atoms with E-state index in [2.05, 4.69) is 25.1 Å². The second kappa shape index (κ2) is 14.1. The van der Waals surface area contributed by atoms with Gasteiger partial charge in [0.1, 0.15) is 5.78 Å². The predicted octanol–water partition coefficient (Wildman–Crippen LogP) is 8.79. The van der Waals surface area contributed by atoms with Gasteiger partial charge in [0.15, 0.2) is 0 Å². The van der Waals surface area contributed by atoms with Gasteiger partial charge in [-0.15, -0.1) is 0 Å². The highest BCUT2D eigenvalue weighted by Gasteiger charge is 2.21. The molecule has 1 nitrogen and oxygen atoms in total. The number of Topliss-reactive ketones (excluding diaryl/α,β-unsaturated/α-hetero) is 1. The van der Waals surface area contributed by atoms with Gasteiger partial charge in [-0.2, -0.15) is 0 Å². The first kappa shape index (κ1) is 24.5. The van der Waals surface area contributed by atoms with Crippen LogP contribution in [0.15, 0.2) is 18.2 Å². The third-order valence-corrected chi connectivity index (χ3v) is 8.10. The third kappa shape index (κ3) is 9.11. The molecule has 1 aromatic carbocycles. The highest BCUT2D eigenvalue weighted by atomic mass is 16.1. The largest absolute Gasteiger partial charge is 0.299 e. The minimum absolute atomic E-state index is 0.412. The Morgan fingerprint density at radius 2 is 1.32 bits per heavy atom. The highest BCUT2D eigenvalue weighted by molar-refractivity contribution is 5.83. The smallest absolute Gasteiger partial charge is 0.137 e. The van der Waals surface area contributed by atoms with Gasteiger partial charge in [-0.3, -0.25) is 4.79 Å². The lowest BCUT2D eigenvalue weighted by Crippen LogP contribution is -2.16. The van der Waals surface area contributed by atoms with Gasteiger partial charge in [0.25, 0.3) is 0 Å². The van der Waals surface area contributed by atoms with Crippen LogP contribution in [-0.4, -0.2) is 5.78 Å². The van der Waals surface area contributed by atoms with E-state index in [1.807, 2.05) is 0 Å². The number of rotatable bonds is 14. The van der Waals surface area contributed by atoms with Crippen LogP contribution in [0.4, 0.5) is 0 Å². The number of carbonyl (C=O) groups excluding carboxylic acids is 1. The Balaban J connectivity index is 1.20. The van der Waals surface area contributed by atoms with E-state index in [4.69, 9.17) is 0 Å². The van der Waals surface area contributed by atoms with E-state index in [1.165, 1.54) is 126 Å². The summed E-state index contributed by atoms with van der Waals surface area (Å²) in [5.74, 6) is 2.38. The molecule has 0 aromatic heterocycles. The number of unbranched alkanes of at least 4 members (excludes halogenated alkanes) is 9. The highest BCUT2D eigenvalue weighted by Crippen LogP contribution is 2.34. The molecule has 2 aliphatic carbocycles. The number of fused-ring (bicyclic) bond motifs is 1. The Kier molecular flexibility index (Phi) is 11.2. The van der Waals surface area contributed by atoms with E-state index in [1.54, 1.807) is 0 Å². The molecule has 0 atom stereocenters. The molecule has 0 unspecified atom stereocenters. The Hall–Kier alpha value is -1.11. The lowest BCUT2D eigenvalue weighted by atomic mass is 9.77. The van der Waals surface area contributed by atoms with Crippen molar-refractivity contribution in [2.45, 2.75) is 135 Å². The Morgan fingerprint density at radius 3 is 2.00 bits per heavy atom. The van der Waals surface area contributed by atoms with Crippen molar-refractivity contribution in [1.82, 2.24) is 0 Å². The standard InChI is InChI=1S/C30H48O/c1-2-3-4-5-6-7-8-9-10-11-12-25-13-15-26(16-14-25)17-18-27-19-20-29-24-30(31)22-21-28(29)23-27/h19-20,23,25-26H,2-18,21-22,24H2,1H3. The summed E-state index contributed by atoms with van der Waals surface area (Å²) in [7, 11) is 0. The molecule has 0 bridgehead atoms. The van der Waals surface area contributed by atoms with Crippen LogP contribution < -0.4 is 0 Å². The summed E-state index contributed by atoms with van der Waals surface area (Å²) in [6, 6.07) is 6.91. The number of aryl methyl sites for hydroxylation is 2. The Morgan fingerprint density at radius 1 is 0.710 bits per heavy atom. The summed E-state index contributed by atoms with van der Waals surface area (Å²) in [5, 5.41) is 0. The summed E-state index contributed by atoms with van der Waals surface area (Å²) in [6.07, 6.45) is 26.9. The fraction of sp³-hybridized carbons (Fsp3) is 0.767. The van der Waals surface area contributed by atoms with Crippen molar-refractivity contribution in [3.05, 3.63) is 34.9 Å². The Labute approximate surface area is 192 Å². The number of carbonyl (C=O) groups is 1. The van der Waals surface area contributed by atoms with Crippen molar-refractivity contribution in [3.8, 4) is 0 Å². The zero-order chi connectivity index (χ0) is 21.7. The van der Waals surface area contributed by atoms with Gasteiger partial charge in [-0.1, -0.05) is 121 Å². The molecule has 0 aliphatic heterocycles. The van der Waals surface area contributed by atoms with E-state index in [-0.39, 0.29) is 0 Å². The molecule has 0 heterocycles. The predicted molar refractivity (Wildman–Crippen MR) is 134 cm³/mol. The van der Waals surface area contributed by atoms with Gasteiger partial charge in [0.05, 0.1) is 0 Å². The van der Waals surface area contributed by atoms with Gasteiger partial charge < -0.3 is 0 Å². The second-order valence-electron chi connectivity index (χ2n) is 10.7. The minimum atomic E-state index is 0.412. The van der Waals surface area contributed by atoms with Crippen LogP contribution in [0.25, 0.3) is 0 Å². The van der Waals surface area contributed by atoms with E-state index >= 15 is 0 Å². The number of benzene rings is 1. The number of hydrogen-bond acceptors (Lipinski definition) is 1. The molecule has 0 spiro atoms. The lowest BCUT2D eigenvalue weighted by Gasteiger charge is -2.28. The molecule has 31 heavy (non-hydrogen) atoms. The fourth-order valence-electron chi connectivity index (χ4n) is 5.91. The minimum Gasteiger partial charge on any atom is -0.299 e. The van der Waals surface area contributed by atoms with Crippen LogP contribution in [0.5, 0.6) is 0 Å². The van der Waals surface area contributed by atoms with Gasteiger partial charge in [0.2, 0.25) is 0 Å². The van der Waals surface area contributed by atoms with Crippen molar-refractivity contribution >= 4 is 5.78 Å². The first-order valence-electron chi connectivity index (χ1n) is 13.9. The molecule has 1 heteroatoms. The fourth-order valence-corrected chi connectivity index (χ4v) is 5.91. The van der Waals surface area contributed by atoms with Crippen LogP contribution in [0, 0.1) is 11.8 Å². The summed E-state index contributed by atoms with van der Waals surface area (Å²) in [4.78, 5) is 11.6. The van der Waals surface area contributed by atoms with Gasteiger partial charge in [-0.05, 0) is 47.8 Å². The maximum absolute atomic E-state index is 11.6. The molecule has 0 saturated heterocycles. The van der Waals surface area contributed by atoms with Crippen molar-refractivity contribution < 1.29 is 4.79 Å². The van der Waals surface area contributed by atoms with E-state index in [0.29, 0.717) is 12.2 Å². The maximum atomic E-state index is 11.6. The van der Waals surface area contributed by atoms with Gasteiger partial charge >= 0.3 is 0 Å².